The number of carbonyl (C=O) groups is 3. The third-order valence-electron chi connectivity index (χ3n) is 12.5. The molecule has 5 aromatic rings. The molecule has 3 saturated heterocycles. The molecule has 3 amide bonds. The summed E-state index contributed by atoms with van der Waals surface area (Å²) in [4.78, 5) is 68.3. The lowest BCUT2D eigenvalue weighted by molar-refractivity contribution is -0.259. The molecule has 17 nitrogen and oxygen atoms in total. The molecule has 0 saturated carbocycles. The second kappa shape index (κ2) is 18.7. The predicted molar refractivity (Wildman–Crippen MR) is 230 cm³/mol. The number of benzene rings is 3. The van der Waals surface area contributed by atoms with E-state index in [1.165, 1.54) is 11.2 Å². The van der Waals surface area contributed by atoms with Crippen LogP contribution in [-0.4, -0.2) is 122 Å². The number of nitrogens with zero attached hydrogens (tertiary/aromatic N) is 8. The molecule has 4 aliphatic rings. The molecule has 3 aromatic carbocycles. The molecule has 6 heterocycles. The number of hydrogen-bond acceptors (Lipinski definition) is 14. The van der Waals surface area contributed by atoms with Crippen molar-refractivity contribution in [1.82, 2.24) is 45.0 Å². The van der Waals surface area contributed by atoms with E-state index in [1.807, 2.05) is 76.3 Å². The van der Waals surface area contributed by atoms with Crippen LogP contribution in [0.25, 0.3) is 22.3 Å². The number of para-hydroxylation sites is 1. The first-order valence-corrected chi connectivity index (χ1v) is 21.7. The number of carbonyl (C=O) groups excluding carboxylic acids is 3. The first-order valence-electron chi connectivity index (χ1n) is 21.7. The number of likely N-dealkylation sites (tertiary alicyclic amines) is 1. The van der Waals surface area contributed by atoms with Gasteiger partial charge in [0.05, 0.1) is 29.2 Å². The lowest BCUT2D eigenvalue weighted by atomic mass is 9.92. The van der Waals surface area contributed by atoms with Crippen molar-refractivity contribution in [2.45, 2.75) is 63.3 Å². The highest BCUT2D eigenvalue weighted by molar-refractivity contribution is 6.22. The third-order valence-corrected chi connectivity index (χ3v) is 12.5. The molecule has 324 valence electrons. The highest BCUT2D eigenvalue weighted by atomic mass is 16.9. The fourth-order valence-electron chi connectivity index (χ4n) is 9.28. The van der Waals surface area contributed by atoms with Gasteiger partial charge in [-0.05, 0) is 86.8 Å². The number of hydrogen-bond donors (Lipinski definition) is 3. The summed E-state index contributed by atoms with van der Waals surface area (Å²) in [5.41, 5.74) is 18.7. The minimum Gasteiger partial charge on any atom is -0.457 e. The number of fused-ring (bicyclic) bond motifs is 2. The summed E-state index contributed by atoms with van der Waals surface area (Å²) in [5, 5.41) is 5.81. The van der Waals surface area contributed by atoms with E-state index in [9.17, 15) is 14.4 Å². The summed E-state index contributed by atoms with van der Waals surface area (Å²) in [6, 6.07) is 23.0. The van der Waals surface area contributed by atoms with Crippen molar-refractivity contribution >= 4 is 34.6 Å². The normalized spacial score (nSPS) is 20.3. The minimum atomic E-state index is -0.752. The van der Waals surface area contributed by atoms with Crippen LogP contribution in [0, 0.1) is 0 Å². The number of nitrogen functional groups attached to an aromatic ring is 1. The number of amides is 3. The largest absolute Gasteiger partial charge is 0.457 e. The SMILES string of the molecule is NCCCCC(c1cccc2c1C(=O)N(C1CCONO1)C2=O)N1CCN(C(=O)CCCN2CCC(n3nc(-c4ccc(Oc5ccccc5)cc4)c4c(N)ncnc43)C2)CC1. The van der Waals surface area contributed by atoms with E-state index in [4.69, 9.17) is 31.0 Å². The van der Waals surface area contributed by atoms with Gasteiger partial charge in [-0.1, -0.05) is 42.4 Å². The molecular weight excluding hydrogens is 791 g/mol. The van der Waals surface area contributed by atoms with Crippen LogP contribution < -0.4 is 21.8 Å². The average molecular weight is 844 g/mol. The van der Waals surface area contributed by atoms with E-state index in [2.05, 4.69) is 25.4 Å². The molecule has 9 rings (SSSR count). The van der Waals surface area contributed by atoms with Crippen LogP contribution >= 0.6 is 0 Å². The molecule has 3 atom stereocenters. The molecule has 5 N–H and O–H groups in total. The zero-order chi connectivity index (χ0) is 42.6. The van der Waals surface area contributed by atoms with Gasteiger partial charge in [-0.25, -0.2) is 19.5 Å². The van der Waals surface area contributed by atoms with Crippen LogP contribution in [0.1, 0.15) is 83.3 Å². The Morgan fingerprint density at radius 3 is 2.47 bits per heavy atom. The molecule has 17 heteroatoms. The van der Waals surface area contributed by atoms with E-state index >= 15 is 0 Å². The summed E-state index contributed by atoms with van der Waals surface area (Å²) in [5.74, 6) is 1.31. The van der Waals surface area contributed by atoms with Gasteiger partial charge in [-0.3, -0.25) is 29.0 Å². The monoisotopic (exact) mass is 843 g/mol. The Balaban J connectivity index is 0.798. The first kappa shape index (κ1) is 41.5. The number of nitrogens with one attached hydrogen (secondary N) is 1. The van der Waals surface area contributed by atoms with Crippen LogP contribution in [0.5, 0.6) is 11.5 Å². The Labute approximate surface area is 359 Å². The van der Waals surface area contributed by atoms with Gasteiger partial charge >= 0.3 is 0 Å². The average Bonchev–Trinajstić information content (AvgIpc) is 4.01. The Kier molecular flexibility index (Phi) is 12.5. The maximum Gasteiger partial charge on any atom is 0.264 e. The van der Waals surface area contributed by atoms with E-state index in [1.54, 1.807) is 6.07 Å². The standard InChI is InChI=1S/C45H53N11O6/c46-20-5-4-12-36(34-10-6-11-35-39(34)45(59)55(44(35)58)38-19-27-60-51-62-38)53-23-25-54(26-24-53)37(57)13-7-21-52-22-18-31(28-52)56-43-40(42(47)48-29-49-43)41(50-56)30-14-16-33(17-15-30)61-32-8-2-1-3-9-32/h1-3,6,8-11,14-17,29,31,36,38,51H,4-5,7,12-13,18-28,46H2,(H2,47,48,49). The van der Waals surface area contributed by atoms with Gasteiger partial charge in [0.2, 0.25) is 5.91 Å². The fraction of sp³-hybridized carbons (Fsp3) is 0.422. The number of rotatable bonds is 15. The Morgan fingerprint density at radius 1 is 0.887 bits per heavy atom. The van der Waals surface area contributed by atoms with Gasteiger partial charge in [-0.2, -0.15) is 5.10 Å². The highest BCUT2D eigenvalue weighted by Crippen LogP contribution is 2.38. The number of nitrogens with two attached hydrogens (primary N) is 2. The maximum atomic E-state index is 13.9. The van der Waals surface area contributed by atoms with Crippen LogP contribution in [-0.2, 0) is 14.5 Å². The number of unbranched alkanes of at least 4 members (excludes halogenated alkanes) is 1. The van der Waals surface area contributed by atoms with Crippen molar-refractivity contribution < 1.29 is 28.8 Å². The minimum absolute atomic E-state index is 0.0948. The van der Waals surface area contributed by atoms with Crippen molar-refractivity contribution in [1.29, 1.82) is 0 Å². The summed E-state index contributed by atoms with van der Waals surface area (Å²) in [6.07, 6.45) is 5.73. The van der Waals surface area contributed by atoms with Gasteiger partial charge in [0.25, 0.3) is 11.8 Å². The van der Waals surface area contributed by atoms with E-state index < -0.39 is 6.23 Å². The molecule has 3 fully saturated rings. The van der Waals surface area contributed by atoms with Gasteiger partial charge in [0.1, 0.15) is 29.3 Å². The Morgan fingerprint density at radius 2 is 1.69 bits per heavy atom. The number of imide groups is 1. The lowest BCUT2D eigenvalue weighted by Gasteiger charge is -2.40. The molecule has 4 aliphatic heterocycles. The molecule has 0 aliphatic carbocycles. The fourth-order valence-corrected chi connectivity index (χ4v) is 9.28. The van der Waals surface area contributed by atoms with Crippen molar-refractivity contribution in [2.75, 3.05) is 64.7 Å². The summed E-state index contributed by atoms with van der Waals surface area (Å²) in [6.45, 7) is 5.88. The van der Waals surface area contributed by atoms with Crippen molar-refractivity contribution in [2.24, 2.45) is 5.73 Å². The predicted octanol–water partition coefficient (Wildman–Crippen LogP) is 4.69. The number of aromatic nitrogens is 4. The highest BCUT2D eigenvalue weighted by Gasteiger charge is 2.44. The molecule has 3 unspecified atom stereocenters. The van der Waals surface area contributed by atoms with Gasteiger partial charge < -0.3 is 26.0 Å². The van der Waals surface area contributed by atoms with E-state index in [0.717, 1.165) is 85.4 Å². The zero-order valence-electron chi connectivity index (χ0n) is 34.7. The lowest BCUT2D eigenvalue weighted by Crippen LogP contribution is -2.50. The number of piperazine rings is 1. The van der Waals surface area contributed by atoms with E-state index in [-0.39, 0.29) is 29.8 Å². The van der Waals surface area contributed by atoms with Crippen LogP contribution in [0.2, 0.25) is 0 Å². The third kappa shape index (κ3) is 8.51. The number of ether oxygens (including phenoxy) is 1. The second-order valence-electron chi connectivity index (χ2n) is 16.3. The number of anilines is 1. The molecule has 0 radical (unpaired) electrons. The zero-order valence-corrected chi connectivity index (χ0v) is 34.7. The van der Waals surface area contributed by atoms with Gasteiger partial charge in [0.15, 0.2) is 11.9 Å². The van der Waals surface area contributed by atoms with Crippen LogP contribution in [0.3, 0.4) is 0 Å². The Hall–Kier alpha value is -5.82. The smallest absolute Gasteiger partial charge is 0.264 e. The van der Waals surface area contributed by atoms with Gasteiger partial charge in [-0.15, -0.1) is 0 Å². The Bertz CT molecular complexity index is 2380. The second-order valence-corrected chi connectivity index (χ2v) is 16.3. The van der Waals surface area contributed by atoms with Crippen molar-refractivity contribution in [3.05, 3.63) is 95.8 Å². The molecule has 2 aromatic heterocycles. The molecule has 0 spiro atoms. The molecule has 62 heavy (non-hydrogen) atoms. The topological polar surface area (TPSA) is 200 Å². The molecular formula is C45H53N11O6. The first-order chi connectivity index (χ1) is 30.4. The van der Waals surface area contributed by atoms with Crippen molar-refractivity contribution in [3.63, 3.8) is 0 Å². The maximum absolute atomic E-state index is 13.9. The van der Waals surface area contributed by atoms with E-state index in [0.29, 0.717) is 74.8 Å². The quantitative estimate of drug-likeness (QED) is 0.0969. The summed E-state index contributed by atoms with van der Waals surface area (Å²) in [7, 11) is 0. The van der Waals surface area contributed by atoms with Crippen molar-refractivity contribution in [3.8, 4) is 22.8 Å². The summed E-state index contributed by atoms with van der Waals surface area (Å²) >= 11 is 0. The van der Waals surface area contributed by atoms with Gasteiger partial charge in [0, 0.05) is 63.7 Å². The van der Waals surface area contributed by atoms with Crippen LogP contribution in [0.15, 0.2) is 79.1 Å². The summed E-state index contributed by atoms with van der Waals surface area (Å²) < 4.78 is 8.00. The van der Waals surface area contributed by atoms with Crippen LogP contribution in [0.4, 0.5) is 5.82 Å². The molecule has 0 bridgehead atoms.